The number of nitrogens with one attached hydrogen (secondary N) is 2. The molecule has 26 heavy (non-hydrogen) atoms. The maximum absolute atomic E-state index is 11.9. The number of ether oxygens (including phenoxy) is 1. The van der Waals surface area contributed by atoms with Crippen LogP contribution in [0, 0.1) is 0 Å². The molecule has 146 valence electrons. The Kier molecular flexibility index (Phi) is 10.4. The number of nitrogens with zero attached hydrogens (tertiary/aromatic N) is 2. The largest absolute Gasteiger partial charge is 0.497 e. The van der Waals surface area contributed by atoms with E-state index in [0.717, 1.165) is 24.2 Å². The van der Waals surface area contributed by atoms with Crippen molar-refractivity contribution in [3.63, 3.8) is 0 Å². The minimum atomic E-state index is 0. The molecule has 2 rings (SSSR count). The Balaban J connectivity index is 0.00000338. The van der Waals surface area contributed by atoms with Crippen molar-refractivity contribution in [1.82, 2.24) is 15.5 Å². The van der Waals surface area contributed by atoms with Crippen molar-refractivity contribution >= 4 is 35.8 Å². The van der Waals surface area contributed by atoms with E-state index in [9.17, 15) is 4.79 Å². The number of hydrogen-bond acceptors (Lipinski definition) is 3. The molecule has 1 saturated carbocycles. The third-order valence-corrected chi connectivity index (χ3v) is 4.43. The number of rotatable bonds is 6. The molecule has 0 unspecified atom stereocenters. The van der Waals surface area contributed by atoms with Gasteiger partial charge in [0.15, 0.2) is 5.96 Å². The van der Waals surface area contributed by atoms with Crippen molar-refractivity contribution in [3.8, 4) is 5.75 Å². The van der Waals surface area contributed by atoms with Gasteiger partial charge in [0.05, 0.1) is 20.2 Å². The van der Waals surface area contributed by atoms with Crippen LogP contribution in [0.2, 0.25) is 0 Å². The van der Waals surface area contributed by atoms with Gasteiger partial charge >= 0.3 is 0 Å². The zero-order valence-electron chi connectivity index (χ0n) is 16.0. The van der Waals surface area contributed by atoms with Crippen LogP contribution >= 0.6 is 24.0 Å². The fraction of sp³-hybridized carbons (Fsp3) is 0.579. The first-order chi connectivity index (χ1) is 12.1. The number of carbonyl (C=O) groups excluding carboxylic acids is 1. The number of halogens is 1. The first kappa shape index (κ1) is 22.5. The average molecular weight is 474 g/mol. The van der Waals surface area contributed by atoms with Crippen LogP contribution in [-0.4, -0.2) is 50.6 Å². The highest BCUT2D eigenvalue weighted by atomic mass is 127. The summed E-state index contributed by atoms with van der Waals surface area (Å²) in [6.45, 7) is 0.802. The molecule has 2 N–H and O–H groups in total. The van der Waals surface area contributed by atoms with Gasteiger partial charge < -0.3 is 20.3 Å². The number of guanidine groups is 1. The van der Waals surface area contributed by atoms with Crippen LogP contribution in [-0.2, 0) is 11.3 Å². The number of amides is 1. The van der Waals surface area contributed by atoms with Crippen LogP contribution < -0.4 is 15.4 Å². The minimum Gasteiger partial charge on any atom is -0.497 e. The average Bonchev–Trinajstić information content (AvgIpc) is 2.64. The molecule has 1 aliphatic carbocycles. The quantitative estimate of drug-likeness (QED) is 0.378. The molecule has 0 saturated heterocycles. The SMILES string of the molecule is COc1ccc(CN=C(NCC(=O)N(C)C)NC2CCCCC2)cc1.I. The first-order valence-corrected chi connectivity index (χ1v) is 8.96. The molecule has 1 aromatic carbocycles. The Bertz CT molecular complexity index is 569. The van der Waals surface area contributed by atoms with Crippen LogP contribution in [0.25, 0.3) is 0 Å². The topological polar surface area (TPSA) is 66.0 Å². The third-order valence-electron chi connectivity index (χ3n) is 4.43. The Morgan fingerprint density at radius 3 is 2.42 bits per heavy atom. The Morgan fingerprint density at radius 2 is 1.85 bits per heavy atom. The molecule has 6 nitrogen and oxygen atoms in total. The smallest absolute Gasteiger partial charge is 0.241 e. The van der Waals surface area contributed by atoms with Crippen molar-refractivity contribution in [2.75, 3.05) is 27.7 Å². The van der Waals surface area contributed by atoms with E-state index in [1.807, 2.05) is 24.3 Å². The van der Waals surface area contributed by atoms with Crippen molar-refractivity contribution < 1.29 is 9.53 Å². The van der Waals surface area contributed by atoms with Gasteiger partial charge in [0.25, 0.3) is 0 Å². The molecule has 1 amide bonds. The number of likely N-dealkylation sites (N-methyl/N-ethyl adjacent to an activating group) is 1. The molecule has 0 spiro atoms. The van der Waals surface area contributed by atoms with E-state index in [-0.39, 0.29) is 36.4 Å². The van der Waals surface area contributed by atoms with E-state index in [1.54, 1.807) is 26.1 Å². The number of hydrogen-bond donors (Lipinski definition) is 2. The van der Waals surface area contributed by atoms with Crippen molar-refractivity contribution in [1.29, 1.82) is 0 Å². The van der Waals surface area contributed by atoms with E-state index in [1.165, 1.54) is 19.3 Å². The van der Waals surface area contributed by atoms with Crippen LogP contribution in [0.4, 0.5) is 0 Å². The molecule has 0 heterocycles. The molecular formula is C19H31IN4O2. The molecule has 0 atom stereocenters. The second-order valence-electron chi connectivity index (χ2n) is 6.63. The zero-order chi connectivity index (χ0) is 18.1. The van der Waals surface area contributed by atoms with E-state index < -0.39 is 0 Å². The van der Waals surface area contributed by atoms with Crippen molar-refractivity contribution in [2.45, 2.75) is 44.7 Å². The number of benzene rings is 1. The summed E-state index contributed by atoms with van der Waals surface area (Å²) in [4.78, 5) is 18.1. The summed E-state index contributed by atoms with van der Waals surface area (Å²) in [5.74, 6) is 1.57. The maximum Gasteiger partial charge on any atom is 0.241 e. The number of carbonyl (C=O) groups is 1. The molecule has 1 aliphatic rings. The number of methoxy groups -OCH3 is 1. The fourth-order valence-electron chi connectivity index (χ4n) is 2.81. The van der Waals surface area contributed by atoms with E-state index >= 15 is 0 Å². The van der Waals surface area contributed by atoms with Gasteiger partial charge in [-0.05, 0) is 30.5 Å². The van der Waals surface area contributed by atoms with E-state index in [4.69, 9.17) is 4.74 Å². The first-order valence-electron chi connectivity index (χ1n) is 8.96. The van der Waals surface area contributed by atoms with Gasteiger partial charge in [-0.3, -0.25) is 4.79 Å². The molecule has 0 aromatic heterocycles. The molecule has 0 radical (unpaired) electrons. The van der Waals surface area contributed by atoms with Crippen LogP contribution in [0.15, 0.2) is 29.3 Å². The standard InChI is InChI=1S/C19H30N4O2.HI/c1-23(2)18(24)14-21-19(22-16-7-5-4-6-8-16)20-13-15-9-11-17(25-3)12-10-15;/h9-12,16H,4-8,13-14H2,1-3H3,(H2,20,21,22);1H. The monoisotopic (exact) mass is 474 g/mol. The van der Waals surface area contributed by atoms with Gasteiger partial charge in [-0.25, -0.2) is 4.99 Å². The van der Waals surface area contributed by atoms with Crippen LogP contribution in [0.3, 0.4) is 0 Å². The normalized spacial score (nSPS) is 15.0. The van der Waals surface area contributed by atoms with E-state index in [2.05, 4.69) is 15.6 Å². The lowest BCUT2D eigenvalue weighted by Gasteiger charge is -2.25. The summed E-state index contributed by atoms with van der Waals surface area (Å²) in [6, 6.07) is 8.31. The van der Waals surface area contributed by atoms with Crippen molar-refractivity contribution in [2.24, 2.45) is 4.99 Å². The number of aliphatic imine (C=N–C) groups is 1. The lowest BCUT2D eigenvalue weighted by atomic mass is 9.96. The van der Waals surface area contributed by atoms with Crippen LogP contribution in [0.1, 0.15) is 37.7 Å². The lowest BCUT2D eigenvalue weighted by Crippen LogP contribution is -2.47. The summed E-state index contributed by atoms with van der Waals surface area (Å²) in [5, 5.41) is 6.65. The maximum atomic E-state index is 11.9. The summed E-state index contributed by atoms with van der Waals surface area (Å²) < 4.78 is 5.18. The Morgan fingerprint density at radius 1 is 1.19 bits per heavy atom. The highest BCUT2D eigenvalue weighted by Gasteiger charge is 2.15. The summed E-state index contributed by atoms with van der Waals surface area (Å²) in [7, 11) is 5.17. The Hall–Kier alpha value is -1.51. The van der Waals surface area contributed by atoms with Gasteiger partial charge in [0.2, 0.25) is 5.91 Å². The van der Waals surface area contributed by atoms with Gasteiger partial charge in [-0.15, -0.1) is 24.0 Å². The van der Waals surface area contributed by atoms with Crippen LogP contribution in [0.5, 0.6) is 5.75 Å². The highest BCUT2D eigenvalue weighted by molar-refractivity contribution is 14.0. The fourth-order valence-corrected chi connectivity index (χ4v) is 2.81. The van der Waals surface area contributed by atoms with Gasteiger partial charge in [-0.1, -0.05) is 31.4 Å². The molecule has 1 aromatic rings. The predicted molar refractivity (Wildman–Crippen MR) is 116 cm³/mol. The third kappa shape index (κ3) is 7.80. The van der Waals surface area contributed by atoms with Gasteiger partial charge in [-0.2, -0.15) is 0 Å². The second-order valence-corrected chi connectivity index (χ2v) is 6.63. The molecule has 7 heteroatoms. The molecular weight excluding hydrogens is 443 g/mol. The lowest BCUT2D eigenvalue weighted by molar-refractivity contribution is -0.127. The molecule has 0 aliphatic heterocycles. The minimum absolute atomic E-state index is 0. The van der Waals surface area contributed by atoms with Gasteiger partial charge in [0.1, 0.15) is 5.75 Å². The van der Waals surface area contributed by atoms with Crippen molar-refractivity contribution in [3.05, 3.63) is 29.8 Å². The zero-order valence-corrected chi connectivity index (χ0v) is 18.3. The summed E-state index contributed by atoms with van der Waals surface area (Å²) in [6.07, 6.45) is 6.12. The second kappa shape index (κ2) is 12.0. The van der Waals surface area contributed by atoms with E-state index in [0.29, 0.717) is 18.5 Å². The predicted octanol–water partition coefficient (Wildman–Crippen LogP) is 2.77. The highest BCUT2D eigenvalue weighted by Crippen LogP contribution is 2.17. The summed E-state index contributed by atoms with van der Waals surface area (Å²) in [5.41, 5.74) is 1.10. The molecule has 0 bridgehead atoms. The Labute approximate surface area is 173 Å². The summed E-state index contributed by atoms with van der Waals surface area (Å²) >= 11 is 0. The van der Waals surface area contributed by atoms with Gasteiger partial charge in [0, 0.05) is 20.1 Å². The molecule has 1 fully saturated rings.